The molecule has 0 unspecified atom stereocenters. The van der Waals surface area contributed by atoms with Gasteiger partial charge in [-0.2, -0.15) is 0 Å². The Hall–Kier alpha value is -3.61. The largest absolute Gasteiger partial charge is 0.326 e. The van der Waals surface area contributed by atoms with Gasteiger partial charge in [-0.05, 0) is 54.1 Å². The number of Topliss-reactive ketones (excluding diaryl/α,β-unsaturated/α-hetero) is 1. The number of amides is 1. The van der Waals surface area contributed by atoms with Crippen LogP contribution >= 0.6 is 23.2 Å². The van der Waals surface area contributed by atoms with E-state index in [4.69, 9.17) is 23.2 Å². The van der Waals surface area contributed by atoms with Crippen molar-refractivity contribution in [1.82, 2.24) is 0 Å². The van der Waals surface area contributed by atoms with Crippen LogP contribution in [0.15, 0.2) is 84.0 Å². The van der Waals surface area contributed by atoms with Gasteiger partial charge in [-0.3, -0.25) is 14.5 Å². The molecule has 184 valence electrons. The number of halogens is 2. The van der Waals surface area contributed by atoms with E-state index >= 15 is 0 Å². The third-order valence-corrected chi connectivity index (χ3v) is 6.37. The van der Waals surface area contributed by atoms with Gasteiger partial charge in [0.1, 0.15) is 6.17 Å². The van der Waals surface area contributed by atoms with Gasteiger partial charge in [0, 0.05) is 24.2 Å². The van der Waals surface area contributed by atoms with Gasteiger partial charge in [-0.25, -0.2) is 5.01 Å². The molecular weight excluding hydrogens is 495 g/mol. The van der Waals surface area contributed by atoms with Crippen LogP contribution < -0.4 is 15.2 Å². The van der Waals surface area contributed by atoms with Gasteiger partial charge >= 0.3 is 0 Å². The fourth-order valence-corrected chi connectivity index (χ4v) is 4.01. The summed E-state index contributed by atoms with van der Waals surface area (Å²) >= 11 is 12.5. The Morgan fingerprint density at radius 3 is 2.22 bits per heavy atom. The molecule has 0 spiro atoms. The molecule has 0 radical (unpaired) electrons. The van der Waals surface area contributed by atoms with Crippen molar-refractivity contribution in [3.8, 4) is 0 Å². The predicted octanol–water partition coefficient (Wildman–Crippen LogP) is 6.86. The molecule has 0 fully saturated rings. The molecule has 0 saturated carbocycles. The number of carbonyl (C=O) groups excluding carboxylic acids is 2. The average Bonchev–Trinajstić information content (AvgIpc) is 3.25. The first-order valence-electron chi connectivity index (χ1n) is 11.5. The van der Waals surface area contributed by atoms with E-state index in [2.05, 4.69) is 10.4 Å². The number of benzene rings is 3. The summed E-state index contributed by atoms with van der Waals surface area (Å²) in [7, 11) is 0. The Morgan fingerprint density at radius 2 is 1.61 bits per heavy atom. The summed E-state index contributed by atoms with van der Waals surface area (Å²) in [6.45, 7) is 5.16. The van der Waals surface area contributed by atoms with Gasteiger partial charge in [0.25, 0.3) is 0 Å². The van der Waals surface area contributed by atoms with E-state index in [-0.39, 0.29) is 23.4 Å². The predicted molar refractivity (Wildman–Crippen MR) is 149 cm³/mol. The van der Waals surface area contributed by atoms with Gasteiger partial charge in [0.2, 0.25) is 5.91 Å². The van der Waals surface area contributed by atoms with Crippen LogP contribution in [0.4, 0.5) is 17.1 Å². The molecular formula is C28H26Cl2N4O2. The summed E-state index contributed by atoms with van der Waals surface area (Å²) in [6, 6.07) is 22.5. The first-order chi connectivity index (χ1) is 17.2. The monoisotopic (exact) mass is 520 g/mol. The molecule has 1 N–H and O–H groups in total. The van der Waals surface area contributed by atoms with Gasteiger partial charge < -0.3 is 5.32 Å². The number of hydrazone groups is 1. The Labute approximate surface area is 220 Å². The number of nitrogens with one attached hydrogen (secondary N) is 1. The van der Waals surface area contributed by atoms with Crippen molar-refractivity contribution in [2.45, 2.75) is 26.9 Å². The number of hydrogen-bond donors (Lipinski definition) is 1. The van der Waals surface area contributed by atoms with Crippen molar-refractivity contribution < 1.29 is 9.59 Å². The fourth-order valence-electron chi connectivity index (χ4n) is 3.72. The maximum absolute atomic E-state index is 12.7. The number of nitrogens with zero attached hydrogens (tertiary/aromatic N) is 3. The summed E-state index contributed by atoms with van der Waals surface area (Å²) < 4.78 is 0. The highest BCUT2D eigenvalue weighted by Crippen LogP contribution is 2.34. The second kappa shape index (κ2) is 11.0. The average molecular weight is 521 g/mol. The summed E-state index contributed by atoms with van der Waals surface area (Å²) in [5.74, 6) is -0.105. The Balaban J connectivity index is 1.75. The first-order valence-corrected chi connectivity index (χ1v) is 12.3. The van der Waals surface area contributed by atoms with Crippen LogP contribution in [0.2, 0.25) is 10.0 Å². The van der Waals surface area contributed by atoms with Crippen LogP contribution in [0, 0.1) is 5.92 Å². The van der Waals surface area contributed by atoms with E-state index < -0.39 is 6.17 Å². The zero-order valence-electron chi connectivity index (χ0n) is 20.2. The quantitative estimate of drug-likeness (QED) is 0.369. The van der Waals surface area contributed by atoms with E-state index in [0.717, 1.165) is 11.3 Å². The van der Waals surface area contributed by atoms with Crippen molar-refractivity contribution in [3.63, 3.8) is 0 Å². The van der Waals surface area contributed by atoms with E-state index in [0.29, 0.717) is 21.4 Å². The lowest BCUT2D eigenvalue weighted by molar-refractivity contribution is -0.119. The van der Waals surface area contributed by atoms with Crippen LogP contribution in [0.3, 0.4) is 0 Å². The highest BCUT2D eigenvalue weighted by molar-refractivity contribution is 6.44. The van der Waals surface area contributed by atoms with Gasteiger partial charge in [-0.1, -0.05) is 73.5 Å². The number of anilines is 3. The van der Waals surface area contributed by atoms with E-state index in [9.17, 15) is 9.59 Å². The molecule has 0 aromatic heterocycles. The highest BCUT2D eigenvalue weighted by Gasteiger charge is 2.36. The lowest BCUT2D eigenvalue weighted by atomic mass is 10.1. The maximum atomic E-state index is 12.7. The number of ketones is 1. The lowest BCUT2D eigenvalue weighted by Gasteiger charge is -2.29. The van der Waals surface area contributed by atoms with Gasteiger partial charge in [0.05, 0.1) is 15.7 Å². The molecule has 6 nitrogen and oxygen atoms in total. The van der Waals surface area contributed by atoms with Crippen molar-refractivity contribution in [2.75, 3.05) is 15.2 Å². The molecule has 36 heavy (non-hydrogen) atoms. The molecule has 1 atom stereocenters. The van der Waals surface area contributed by atoms with Crippen molar-refractivity contribution in [1.29, 1.82) is 0 Å². The molecule has 1 heterocycles. The van der Waals surface area contributed by atoms with Crippen LogP contribution in [0.25, 0.3) is 6.08 Å². The van der Waals surface area contributed by atoms with Crippen molar-refractivity contribution in [3.05, 3.63) is 94.5 Å². The molecule has 1 aliphatic rings. The number of rotatable bonds is 7. The number of amidine groups is 1. The lowest BCUT2D eigenvalue weighted by Crippen LogP contribution is -2.43. The summed E-state index contributed by atoms with van der Waals surface area (Å²) in [6.07, 6.45) is 3.50. The molecule has 3 aromatic rings. The Kier molecular flexibility index (Phi) is 7.77. The minimum absolute atomic E-state index is 0.0654. The molecule has 8 heteroatoms. The second-order valence-electron chi connectivity index (χ2n) is 8.67. The van der Waals surface area contributed by atoms with Crippen molar-refractivity contribution >= 4 is 63.9 Å². The van der Waals surface area contributed by atoms with E-state index in [1.807, 2.05) is 91.6 Å². The number of carbonyl (C=O) groups is 2. The maximum Gasteiger partial charge on any atom is 0.226 e. The zero-order valence-corrected chi connectivity index (χ0v) is 21.7. The highest BCUT2D eigenvalue weighted by atomic mass is 35.5. The van der Waals surface area contributed by atoms with Crippen LogP contribution in [-0.2, 0) is 9.59 Å². The minimum atomic E-state index is -0.461. The SMILES string of the molecule is CC(=O)C1=NN(c2ccc(Cl)c(Cl)c2)[C@H](/C=C/c2ccccc2)N1c1ccc(NC(=O)C(C)C)cc1. The Morgan fingerprint density at radius 1 is 0.944 bits per heavy atom. The first kappa shape index (κ1) is 25.5. The molecule has 0 aliphatic carbocycles. The van der Waals surface area contributed by atoms with Crippen LogP contribution in [0.1, 0.15) is 26.3 Å². The summed E-state index contributed by atoms with van der Waals surface area (Å²) in [5.41, 5.74) is 3.12. The molecule has 1 aliphatic heterocycles. The van der Waals surface area contributed by atoms with Crippen molar-refractivity contribution in [2.24, 2.45) is 11.0 Å². The van der Waals surface area contributed by atoms with Crippen LogP contribution in [0.5, 0.6) is 0 Å². The molecule has 1 amide bonds. The summed E-state index contributed by atoms with van der Waals surface area (Å²) in [4.78, 5) is 26.7. The zero-order chi connectivity index (χ0) is 25.8. The van der Waals surface area contributed by atoms with E-state index in [1.165, 1.54) is 6.92 Å². The summed E-state index contributed by atoms with van der Waals surface area (Å²) in [5, 5.41) is 10.1. The minimum Gasteiger partial charge on any atom is -0.326 e. The number of hydrogen-bond acceptors (Lipinski definition) is 5. The van der Waals surface area contributed by atoms with Gasteiger partial charge in [-0.15, -0.1) is 5.10 Å². The van der Waals surface area contributed by atoms with Gasteiger partial charge in [0.15, 0.2) is 11.6 Å². The molecule has 3 aromatic carbocycles. The molecule has 4 rings (SSSR count). The molecule has 0 bridgehead atoms. The van der Waals surface area contributed by atoms with Crippen LogP contribution in [-0.4, -0.2) is 23.7 Å². The van der Waals surface area contributed by atoms with E-state index in [1.54, 1.807) is 17.1 Å². The third-order valence-electron chi connectivity index (χ3n) is 5.63. The Bertz CT molecular complexity index is 1320. The fraction of sp³-hybridized carbons (Fsp3) is 0.179. The second-order valence-corrected chi connectivity index (χ2v) is 9.48. The molecule has 0 saturated heterocycles. The smallest absolute Gasteiger partial charge is 0.226 e. The normalized spacial score (nSPS) is 15.5. The standard InChI is InChI=1S/C28H26Cl2N4O2/c1-18(2)28(36)31-21-10-12-22(13-11-21)33-26(16-9-20-7-5-4-6-8-20)34(32-27(33)19(3)35)23-14-15-24(29)25(30)17-23/h4-18,26H,1-3H3,(H,31,36)/b16-9+/t26-/m1/s1. The third kappa shape index (κ3) is 5.61. The topological polar surface area (TPSA) is 65.0 Å².